The number of hydrogen-bond acceptors (Lipinski definition) is 0. The van der Waals surface area contributed by atoms with Gasteiger partial charge >= 0.3 is 0 Å². The number of allylic oxidation sites excluding steroid dienone is 1. The molecule has 0 spiro atoms. The Balaban J connectivity index is 2.08. The van der Waals surface area contributed by atoms with E-state index < -0.39 is 0 Å². The van der Waals surface area contributed by atoms with E-state index in [1.54, 1.807) is 0 Å². The molecule has 20 heavy (non-hydrogen) atoms. The molecule has 2 aromatic carbocycles. The van der Waals surface area contributed by atoms with Gasteiger partial charge < -0.3 is 0 Å². The van der Waals surface area contributed by atoms with Gasteiger partial charge in [-0.25, -0.2) is 0 Å². The maximum Gasteiger partial charge on any atom is 0.0245 e. The first-order valence-corrected chi connectivity index (χ1v) is 7.06. The summed E-state index contributed by atoms with van der Waals surface area (Å²) < 4.78 is 0. The maximum atomic E-state index is 3.76. The average Bonchev–Trinajstić information content (AvgIpc) is 2.49. The van der Waals surface area contributed by atoms with Crippen LogP contribution < -0.4 is 0 Å². The zero-order valence-electron chi connectivity index (χ0n) is 12.0. The second kappa shape index (κ2) is 7.36. The SMILES string of the molecule is C=CCCCc1ccc(-c2ccc(C#CC)cc2)cc1. The van der Waals surface area contributed by atoms with Crippen LogP contribution in [0.2, 0.25) is 0 Å². The molecule has 0 radical (unpaired) electrons. The number of rotatable bonds is 5. The third-order valence-electron chi connectivity index (χ3n) is 3.32. The molecular weight excluding hydrogens is 240 g/mol. The van der Waals surface area contributed by atoms with Gasteiger partial charge in [-0.2, -0.15) is 0 Å². The van der Waals surface area contributed by atoms with Crippen molar-refractivity contribution in [2.24, 2.45) is 0 Å². The predicted molar refractivity (Wildman–Crippen MR) is 87.6 cm³/mol. The Morgan fingerprint density at radius 3 is 2.10 bits per heavy atom. The van der Waals surface area contributed by atoms with Crippen LogP contribution in [0.1, 0.15) is 30.9 Å². The van der Waals surface area contributed by atoms with E-state index in [4.69, 9.17) is 0 Å². The summed E-state index contributed by atoms with van der Waals surface area (Å²) in [4.78, 5) is 0. The first-order valence-electron chi connectivity index (χ1n) is 7.06. The molecule has 0 saturated heterocycles. The minimum absolute atomic E-state index is 1.07. The molecule has 0 fully saturated rings. The van der Waals surface area contributed by atoms with Gasteiger partial charge in [0.1, 0.15) is 0 Å². The van der Waals surface area contributed by atoms with Crippen LogP contribution in [-0.2, 0) is 6.42 Å². The van der Waals surface area contributed by atoms with Crippen molar-refractivity contribution in [2.45, 2.75) is 26.2 Å². The van der Waals surface area contributed by atoms with Crippen LogP contribution in [0.15, 0.2) is 61.2 Å². The van der Waals surface area contributed by atoms with Gasteiger partial charge in [0, 0.05) is 5.56 Å². The summed E-state index contributed by atoms with van der Waals surface area (Å²) in [5.41, 5.74) is 4.96. The summed E-state index contributed by atoms with van der Waals surface area (Å²) in [5.74, 6) is 5.98. The van der Waals surface area contributed by atoms with Gasteiger partial charge in [0.05, 0.1) is 0 Å². The molecule has 2 rings (SSSR count). The minimum atomic E-state index is 1.07. The lowest BCUT2D eigenvalue weighted by Gasteiger charge is -2.04. The summed E-state index contributed by atoms with van der Waals surface area (Å²) in [7, 11) is 0. The van der Waals surface area contributed by atoms with Gasteiger partial charge in [0.2, 0.25) is 0 Å². The molecule has 100 valence electrons. The topological polar surface area (TPSA) is 0 Å². The smallest absolute Gasteiger partial charge is 0.0245 e. The fourth-order valence-corrected chi connectivity index (χ4v) is 2.20. The van der Waals surface area contributed by atoms with Crippen LogP contribution in [0.25, 0.3) is 11.1 Å². The molecule has 0 bridgehead atoms. The lowest BCUT2D eigenvalue weighted by molar-refractivity contribution is 0.844. The van der Waals surface area contributed by atoms with E-state index in [0.717, 1.165) is 18.4 Å². The van der Waals surface area contributed by atoms with E-state index >= 15 is 0 Å². The monoisotopic (exact) mass is 260 g/mol. The summed E-state index contributed by atoms with van der Waals surface area (Å²) >= 11 is 0. The van der Waals surface area contributed by atoms with Gasteiger partial charge in [-0.05, 0) is 55.0 Å². The standard InChI is InChI=1S/C20H20/c1-3-5-6-8-18-11-15-20(16-12-18)19-13-9-17(7-4-2)10-14-19/h3,9-16H,1,5-6,8H2,2H3. The Morgan fingerprint density at radius 1 is 0.950 bits per heavy atom. The zero-order valence-corrected chi connectivity index (χ0v) is 12.0. The van der Waals surface area contributed by atoms with E-state index in [1.807, 2.05) is 13.0 Å². The van der Waals surface area contributed by atoms with E-state index in [0.29, 0.717) is 0 Å². The highest BCUT2D eigenvalue weighted by atomic mass is 14.0. The quantitative estimate of drug-likeness (QED) is 0.392. The van der Waals surface area contributed by atoms with E-state index in [1.165, 1.54) is 23.1 Å². The van der Waals surface area contributed by atoms with Crippen LogP contribution >= 0.6 is 0 Å². The molecule has 0 N–H and O–H groups in total. The molecule has 0 saturated carbocycles. The fourth-order valence-electron chi connectivity index (χ4n) is 2.20. The summed E-state index contributed by atoms with van der Waals surface area (Å²) in [6.45, 7) is 5.62. The molecule has 0 nitrogen and oxygen atoms in total. The van der Waals surface area contributed by atoms with Crippen LogP contribution in [0.5, 0.6) is 0 Å². The number of aryl methyl sites for hydroxylation is 1. The Hall–Kier alpha value is -2.26. The molecule has 0 heteroatoms. The minimum Gasteiger partial charge on any atom is -0.103 e. The van der Waals surface area contributed by atoms with Gasteiger partial charge in [-0.1, -0.05) is 48.4 Å². The number of hydrogen-bond donors (Lipinski definition) is 0. The average molecular weight is 260 g/mol. The third kappa shape index (κ3) is 3.87. The highest BCUT2D eigenvalue weighted by Crippen LogP contribution is 2.20. The summed E-state index contributed by atoms with van der Waals surface area (Å²) in [6, 6.07) is 17.2. The van der Waals surface area contributed by atoms with Crippen LogP contribution in [0.4, 0.5) is 0 Å². The highest BCUT2D eigenvalue weighted by Gasteiger charge is 1.98. The van der Waals surface area contributed by atoms with Crippen molar-refractivity contribution in [2.75, 3.05) is 0 Å². The van der Waals surface area contributed by atoms with Crippen LogP contribution in [0.3, 0.4) is 0 Å². The largest absolute Gasteiger partial charge is 0.103 e. The molecule has 0 aliphatic heterocycles. The Morgan fingerprint density at radius 2 is 1.55 bits per heavy atom. The van der Waals surface area contributed by atoms with Gasteiger partial charge in [0.15, 0.2) is 0 Å². The molecule has 0 aliphatic carbocycles. The van der Waals surface area contributed by atoms with Gasteiger partial charge in [0.25, 0.3) is 0 Å². The zero-order chi connectivity index (χ0) is 14.2. The van der Waals surface area contributed by atoms with Crippen molar-refractivity contribution in [3.8, 4) is 23.0 Å². The van der Waals surface area contributed by atoms with Crippen LogP contribution in [-0.4, -0.2) is 0 Å². The summed E-state index contributed by atoms with van der Waals surface area (Å²) in [5, 5.41) is 0. The Labute approximate surface area is 122 Å². The Kier molecular flexibility index (Phi) is 5.21. The van der Waals surface area contributed by atoms with E-state index in [-0.39, 0.29) is 0 Å². The lowest BCUT2D eigenvalue weighted by Crippen LogP contribution is -1.85. The lowest BCUT2D eigenvalue weighted by atomic mass is 10.0. The maximum absolute atomic E-state index is 3.76. The molecule has 2 aromatic rings. The molecule has 0 aromatic heterocycles. The first kappa shape index (κ1) is 14.2. The number of unbranched alkanes of at least 4 members (excludes halogenated alkanes) is 1. The van der Waals surface area contributed by atoms with Crippen molar-refractivity contribution < 1.29 is 0 Å². The molecule has 0 atom stereocenters. The van der Waals surface area contributed by atoms with Crippen molar-refractivity contribution in [3.05, 3.63) is 72.3 Å². The molecule has 0 unspecified atom stereocenters. The van der Waals surface area contributed by atoms with E-state index in [2.05, 4.69) is 67.0 Å². The Bertz CT molecular complexity index is 604. The second-order valence-corrected chi connectivity index (χ2v) is 4.83. The van der Waals surface area contributed by atoms with Crippen molar-refractivity contribution >= 4 is 0 Å². The first-order chi connectivity index (χ1) is 9.83. The van der Waals surface area contributed by atoms with Crippen molar-refractivity contribution in [3.63, 3.8) is 0 Å². The van der Waals surface area contributed by atoms with Crippen molar-refractivity contribution in [1.29, 1.82) is 0 Å². The third-order valence-corrected chi connectivity index (χ3v) is 3.32. The normalized spacial score (nSPS) is 9.65. The highest BCUT2D eigenvalue weighted by molar-refractivity contribution is 5.64. The molecule has 0 heterocycles. The summed E-state index contributed by atoms with van der Waals surface area (Å²) in [6.07, 6.45) is 5.36. The van der Waals surface area contributed by atoms with Gasteiger partial charge in [-0.15, -0.1) is 12.5 Å². The van der Waals surface area contributed by atoms with Crippen LogP contribution in [0, 0.1) is 11.8 Å². The second-order valence-electron chi connectivity index (χ2n) is 4.83. The van der Waals surface area contributed by atoms with Gasteiger partial charge in [-0.3, -0.25) is 0 Å². The predicted octanol–water partition coefficient (Wildman–Crippen LogP) is 5.23. The fraction of sp³-hybridized carbons (Fsp3) is 0.200. The van der Waals surface area contributed by atoms with Crippen molar-refractivity contribution in [1.82, 2.24) is 0 Å². The van der Waals surface area contributed by atoms with E-state index in [9.17, 15) is 0 Å². The number of benzene rings is 2. The molecule has 0 aliphatic rings. The molecular formula is C20H20. The molecule has 0 amide bonds.